The van der Waals surface area contributed by atoms with Crippen molar-refractivity contribution in [3.63, 3.8) is 0 Å². The third kappa shape index (κ3) is 6.84. The Kier molecular flexibility index (Phi) is 7.59. The van der Waals surface area contributed by atoms with Crippen molar-refractivity contribution in [2.24, 2.45) is 0 Å². The highest BCUT2D eigenvalue weighted by Gasteiger charge is 2.19. The molecule has 1 aliphatic rings. The topological polar surface area (TPSA) is 21.3 Å². The number of ether oxygens (including phenoxy) is 1. The summed E-state index contributed by atoms with van der Waals surface area (Å²) in [6.45, 7) is 4.12. The number of benzene rings is 1. The first-order valence-corrected chi connectivity index (χ1v) is 9.23. The molecule has 2 rings (SSSR count). The Morgan fingerprint density at radius 2 is 2.00 bits per heavy atom. The Labute approximate surface area is 137 Å². The van der Waals surface area contributed by atoms with Gasteiger partial charge in [0.2, 0.25) is 0 Å². The molecular formula is C18H28BrNO. The highest BCUT2D eigenvalue weighted by atomic mass is 79.9. The molecule has 0 spiro atoms. The molecular weight excluding hydrogens is 326 g/mol. The maximum atomic E-state index is 5.68. The van der Waals surface area contributed by atoms with Crippen LogP contribution in [0.4, 0.5) is 0 Å². The Morgan fingerprint density at radius 3 is 2.71 bits per heavy atom. The summed E-state index contributed by atoms with van der Waals surface area (Å²) in [5.41, 5.74) is 1.40. The van der Waals surface area contributed by atoms with E-state index in [-0.39, 0.29) is 0 Å². The van der Waals surface area contributed by atoms with Crippen LogP contribution in [0.2, 0.25) is 0 Å². The highest BCUT2D eigenvalue weighted by Crippen LogP contribution is 2.27. The monoisotopic (exact) mass is 353 g/mol. The van der Waals surface area contributed by atoms with Crippen LogP contribution in [0.15, 0.2) is 22.7 Å². The summed E-state index contributed by atoms with van der Waals surface area (Å²) in [5.74, 6) is 0.965. The summed E-state index contributed by atoms with van der Waals surface area (Å²) in [7, 11) is 0. The smallest absolute Gasteiger partial charge is 0.133 e. The van der Waals surface area contributed by atoms with Gasteiger partial charge in [0.1, 0.15) is 5.75 Å². The molecule has 0 unspecified atom stereocenters. The van der Waals surface area contributed by atoms with E-state index in [2.05, 4.69) is 46.4 Å². The first kappa shape index (κ1) is 16.8. The molecule has 0 saturated heterocycles. The van der Waals surface area contributed by atoms with E-state index in [1.165, 1.54) is 57.1 Å². The van der Waals surface area contributed by atoms with Crippen molar-refractivity contribution in [2.75, 3.05) is 13.2 Å². The van der Waals surface area contributed by atoms with Crippen molar-refractivity contribution >= 4 is 15.9 Å². The van der Waals surface area contributed by atoms with Crippen LogP contribution in [-0.2, 0) is 6.42 Å². The van der Waals surface area contributed by atoms with E-state index in [1.807, 2.05) is 0 Å². The summed E-state index contributed by atoms with van der Waals surface area (Å²) in [5, 5.41) is 3.58. The molecule has 0 aromatic heterocycles. The van der Waals surface area contributed by atoms with Gasteiger partial charge >= 0.3 is 0 Å². The maximum Gasteiger partial charge on any atom is 0.133 e. The van der Waals surface area contributed by atoms with E-state index >= 15 is 0 Å². The number of hydrogen-bond donors (Lipinski definition) is 1. The fourth-order valence-electron chi connectivity index (χ4n) is 2.43. The van der Waals surface area contributed by atoms with Gasteiger partial charge in [0.15, 0.2) is 0 Å². The quantitative estimate of drug-likeness (QED) is 0.559. The van der Waals surface area contributed by atoms with Crippen LogP contribution in [0.25, 0.3) is 0 Å². The lowest BCUT2D eigenvalue weighted by Crippen LogP contribution is -2.17. The Bertz CT molecular complexity index is 418. The number of unbranched alkanes of at least 4 members (excludes halogenated alkanes) is 3. The number of hydrogen-bond acceptors (Lipinski definition) is 2. The predicted octanol–water partition coefficient (Wildman–Crippen LogP) is 5.09. The van der Waals surface area contributed by atoms with Gasteiger partial charge in [0.05, 0.1) is 11.1 Å². The van der Waals surface area contributed by atoms with Gasteiger partial charge in [0.25, 0.3) is 0 Å². The molecule has 0 amide bonds. The highest BCUT2D eigenvalue weighted by molar-refractivity contribution is 9.10. The van der Waals surface area contributed by atoms with Crippen molar-refractivity contribution in [1.82, 2.24) is 5.32 Å². The second-order valence-electron chi connectivity index (χ2n) is 6.01. The molecule has 1 N–H and O–H groups in total. The van der Waals surface area contributed by atoms with Crippen LogP contribution in [0.3, 0.4) is 0 Å². The van der Waals surface area contributed by atoms with Gasteiger partial charge in [-0.1, -0.05) is 25.8 Å². The molecule has 1 aliphatic carbocycles. The van der Waals surface area contributed by atoms with E-state index in [9.17, 15) is 0 Å². The van der Waals surface area contributed by atoms with E-state index in [0.717, 1.165) is 29.3 Å². The van der Waals surface area contributed by atoms with E-state index in [1.54, 1.807) is 0 Å². The van der Waals surface area contributed by atoms with Crippen LogP contribution < -0.4 is 10.1 Å². The Balaban J connectivity index is 1.57. The van der Waals surface area contributed by atoms with Crippen LogP contribution in [0, 0.1) is 0 Å². The zero-order valence-corrected chi connectivity index (χ0v) is 14.8. The number of rotatable bonds is 11. The second kappa shape index (κ2) is 9.47. The lowest BCUT2D eigenvalue weighted by molar-refractivity contribution is 0.315. The first-order valence-electron chi connectivity index (χ1n) is 8.44. The van der Waals surface area contributed by atoms with Crippen LogP contribution >= 0.6 is 15.9 Å². The predicted molar refractivity (Wildman–Crippen MR) is 93.1 cm³/mol. The maximum absolute atomic E-state index is 5.68. The van der Waals surface area contributed by atoms with Crippen molar-refractivity contribution in [3.8, 4) is 5.75 Å². The summed E-state index contributed by atoms with van der Waals surface area (Å²) >= 11 is 3.61. The fraction of sp³-hybridized carbons (Fsp3) is 0.667. The van der Waals surface area contributed by atoms with E-state index in [4.69, 9.17) is 4.74 Å². The van der Waals surface area contributed by atoms with Crippen molar-refractivity contribution in [1.29, 1.82) is 0 Å². The third-order valence-electron chi connectivity index (χ3n) is 3.86. The zero-order valence-electron chi connectivity index (χ0n) is 13.2. The van der Waals surface area contributed by atoms with Gasteiger partial charge in [-0.3, -0.25) is 0 Å². The molecule has 0 bridgehead atoms. The molecule has 0 heterocycles. The molecule has 1 aromatic rings. The van der Waals surface area contributed by atoms with Gasteiger partial charge in [0, 0.05) is 6.04 Å². The molecule has 21 heavy (non-hydrogen) atoms. The minimum atomic E-state index is 0.785. The van der Waals surface area contributed by atoms with E-state index < -0.39 is 0 Å². The molecule has 0 radical (unpaired) electrons. The molecule has 0 aliphatic heterocycles. The molecule has 1 fully saturated rings. The Hall–Kier alpha value is -0.540. The Morgan fingerprint density at radius 1 is 1.19 bits per heavy atom. The SMILES string of the molecule is CCCOc1ccc(CCCCCCNC2CC2)cc1Br. The summed E-state index contributed by atoms with van der Waals surface area (Å²) in [6, 6.07) is 7.36. The van der Waals surface area contributed by atoms with Gasteiger partial charge in [-0.15, -0.1) is 0 Å². The van der Waals surface area contributed by atoms with Crippen LogP contribution in [0.5, 0.6) is 5.75 Å². The van der Waals surface area contributed by atoms with Crippen LogP contribution in [0.1, 0.15) is 57.4 Å². The largest absolute Gasteiger partial charge is 0.492 e. The minimum Gasteiger partial charge on any atom is -0.492 e. The summed E-state index contributed by atoms with van der Waals surface area (Å²) < 4.78 is 6.77. The number of halogens is 1. The normalized spacial score (nSPS) is 14.4. The van der Waals surface area contributed by atoms with Crippen molar-refractivity contribution < 1.29 is 4.74 Å². The fourth-order valence-corrected chi connectivity index (χ4v) is 2.97. The lowest BCUT2D eigenvalue weighted by atomic mass is 10.1. The third-order valence-corrected chi connectivity index (χ3v) is 4.48. The van der Waals surface area contributed by atoms with Gasteiger partial charge < -0.3 is 10.1 Å². The average Bonchev–Trinajstić information content (AvgIpc) is 3.29. The standard InChI is InChI=1S/C18H28BrNO/c1-2-13-21-18-11-8-15(14-17(18)19)7-5-3-4-6-12-20-16-9-10-16/h8,11,14,16,20H,2-7,9-10,12-13H2,1H3. The number of aryl methyl sites for hydroxylation is 1. The molecule has 1 saturated carbocycles. The first-order chi connectivity index (χ1) is 10.3. The van der Waals surface area contributed by atoms with Gasteiger partial charge in [-0.05, 0) is 78.7 Å². The molecule has 3 heteroatoms. The summed E-state index contributed by atoms with van der Waals surface area (Å²) in [4.78, 5) is 0. The molecule has 1 aromatic carbocycles. The lowest BCUT2D eigenvalue weighted by Gasteiger charge is -2.09. The van der Waals surface area contributed by atoms with Crippen molar-refractivity contribution in [2.45, 2.75) is 64.3 Å². The van der Waals surface area contributed by atoms with Crippen LogP contribution in [-0.4, -0.2) is 19.2 Å². The van der Waals surface area contributed by atoms with Crippen molar-refractivity contribution in [3.05, 3.63) is 28.2 Å². The molecule has 2 nitrogen and oxygen atoms in total. The zero-order chi connectivity index (χ0) is 14.9. The van der Waals surface area contributed by atoms with Gasteiger partial charge in [-0.25, -0.2) is 0 Å². The van der Waals surface area contributed by atoms with Gasteiger partial charge in [-0.2, -0.15) is 0 Å². The minimum absolute atomic E-state index is 0.785. The molecule has 118 valence electrons. The van der Waals surface area contributed by atoms with E-state index in [0.29, 0.717) is 0 Å². The second-order valence-corrected chi connectivity index (χ2v) is 6.86. The number of nitrogens with one attached hydrogen (secondary N) is 1. The molecule has 0 atom stereocenters. The average molecular weight is 354 g/mol. The summed E-state index contributed by atoms with van der Waals surface area (Å²) in [6.07, 6.45) is 10.3.